The number of nitrogens with zero attached hydrogens (tertiary/aromatic N) is 1. The van der Waals surface area contributed by atoms with E-state index in [4.69, 9.17) is 4.74 Å². The van der Waals surface area contributed by atoms with Gasteiger partial charge in [-0.1, -0.05) is 26.8 Å². The summed E-state index contributed by atoms with van der Waals surface area (Å²) in [6.45, 7) is 7.94. The lowest BCUT2D eigenvalue weighted by Crippen LogP contribution is -2.12. The van der Waals surface area contributed by atoms with E-state index in [-0.39, 0.29) is 5.69 Å². The Morgan fingerprint density at radius 1 is 1.44 bits per heavy atom. The van der Waals surface area contributed by atoms with Crippen molar-refractivity contribution in [2.75, 3.05) is 13.2 Å². The van der Waals surface area contributed by atoms with E-state index in [1.807, 2.05) is 26.8 Å². The fourth-order valence-electron chi connectivity index (χ4n) is 1.46. The smallest absolute Gasteiger partial charge is 0.311 e. The predicted molar refractivity (Wildman–Crippen MR) is 70.8 cm³/mol. The van der Waals surface area contributed by atoms with Crippen molar-refractivity contribution in [2.45, 2.75) is 27.3 Å². The molecule has 0 bridgehead atoms. The summed E-state index contributed by atoms with van der Waals surface area (Å²) in [4.78, 5) is 10.6. The van der Waals surface area contributed by atoms with Crippen molar-refractivity contribution in [3.63, 3.8) is 0 Å². The maximum absolute atomic E-state index is 11.0. The van der Waals surface area contributed by atoms with E-state index in [0.29, 0.717) is 24.8 Å². The minimum atomic E-state index is -0.398. The highest BCUT2D eigenvalue weighted by atomic mass is 16.6. The summed E-state index contributed by atoms with van der Waals surface area (Å²) >= 11 is 0. The molecule has 0 amide bonds. The van der Waals surface area contributed by atoms with Gasteiger partial charge in [0.25, 0.3) is 0 Å². The van der Waals surface area contributed by atoms with Crippen LogP contribution in [0.3, 0.4) is 0 Å². The number of nitro benzene ring substituents is 1. The van der Waals surface area contributed by atoms with Gasteiger partial charge < -0.3 is 10.1 Å². The first-order valence-corrected chi connectivity index (χ1v) is 6.15. The molecule has 0 aliphatic heterocycles. The van der Waals surface area contributed by atoms with E-state index >= 15 is 0 Å². The second-order valence-electron chi connectivity index (χ2n) is 4.54. The summed E-state index contributed by atoms with van der Waals surface area (Å²) in [6.07, 6.45) is 0. The molecule has 1 aromatic carbocycles. The van der Waals surface area contributed by atoms with Crippen LogP contribution < -0.4 is 10.1 Å². The lowest BCUT2D eigenvalue weighted by molar-refractivity contribution is -0.386. The third-order valence-corrected chi connectivity index (χ3v) is 2.37. The highest BCUT2D eigenvalue weighted by Gasteiger charge is 2.16. The van der Waals surface area contributed by atoms with Gasteiger partial charge in [0.2, 0.25) is 0 Å². The lowest BCUT2D eigenvalue weighted by Gasteiger charge is -2.10. The van der Waals surface area contributed by atoms with Gasteiger partial charge in [-0.3, -0.25) is 10.1 Å². The molecule has 100 valence electrons. The van der Waals surface area contributed by atoms with Crippen LogP contribution in [0.25, 0.3) is 0 Å². The summed E-state index contributed by atoms with van der Waals surface area (Å²) in [5, 5.41) is 14.1. The van der Waals surface area contributed by atoms with Gasteiger partial charge in [0.15, 0.2) is 5.75 Å². The molecular formula is C13H20N2O3. The first-order valence-electron chi connectivity index (χ1n) is 6.15. The van der Waals surface area contributed by atoms with E-state index in [9.17, 15) is 10.1 Å². The van der Waals surface area contributed by atoms with Gasteiger partial charge in [0.05, 0.1) is 11.5 Å². The third kappa shape index (κ3) is 4.33. The Morgan fingerprint density at radius 3 is 2.72 bits per heavy atom. The number of ether oxygens (including phenoxy) is 1. The Kier molecular flexibility index (Phi) is 5.58. The summed E-state index contributed by atoms with van der Waals surface area (Å²) < 4.78 is 5.46. The number of hydrogen-bond acceptors (Lipinski definition) is 4. The van der Waals surface area contributed by atoms with Crippen molar-refractivity contribution in [2.24, 2.45) is 5.92 Å². The number of rotatable bonds is 7. The topological polar surface area (TPSA) is 64.4 Å². The maximum Gasteiger partial charge on any atom is 0.311 e. The van der Waals surface area contributed by atoms with E-state index in [1.54, 1.807) is 12.1 Å². The van der Waals surface area contributed by atoms with Crippen LogP contribution in [0.1, 0.15) is 26.3 Å². The van der Waals surface area contributed by atoms with Crippen LogP contribution in [0.15, 0.2) is 18.2 Å². The Bertz CT molecular complexity index is 405. The van der Waals surface area contributed by atoms with Crippen molar-refractivity contribution in [1.29, 1.82) is 0 Å². The van der Waals surface area contributed by atoms with Crippen LogP contribution in [0.4, 0.5) is 5.69 Å². The lowest BCUT2D eigenvalue weighted by atomic mass is 10.2. The monoisotopic (exact) mass is 252 g/mol. The summed E-state index contributed by atoms with van der Waals surface area (Å²) in [5.41, 5.74) is 0.923. The molecule has 5 nitrogen and oxygen atoms in total. The first-order chi connectivity index (χ1) is 8.54. The fraction of sp³-hybridized carbons (Fsp3) is 0.538. The van der Waals surface area contributed by atoms with E-state index < -0.39 is 4.92 Å². The first kappa shape index (κ1) is 14.4. The zero-order valence-corrected chi connectivity index (χ0v) is 11.1. The predicted octanol–water partition coefficient (Wildman–Crippen LogP) is 2.74. The quantitative estimate of drug-likeness (QED) is 0.598. The molecule has 0 saturated carbocycles. The molecule has 5 heteroatoms. The molecule has 0 heterocycles. The van der Waals surface area contributed by atoms with Gasteiger partial charge in [0.1, 0.15) is 0 Å². The summed E-state index contributed by atoms with van der Waals surface area (Å²) in [5.74, 6) is 0.681. The van der Waals surface area contributed by atoms with Crippen LogP contribution in [-0.2, 0) is 6.54 Å². The summed E-state index contributed by atoms with van der Waals surface area (Å²) in [6, 6.07) is 5.09. The molecule has 0 aliphatic rings. The Labute approximate surface area is 107 Å². The van der Waals surface area contributed by atoms with Gasteiger partial charge in [0, 0.05) is 12.6 Å². The van der Waals surface area contributed by atoms with Crippen molar-refractivity contribution >= 4 is 5.69 Å². The highest BCUT2D eigenvalue weighted by Crippen LogP contribution is 2.28. The Balaban J connectivity index is 2.86. The fourth-order valence-corrected chi connectivity index (χ4v) is 1.46. The molecule has 0 fully saturated rings. The van der Waals surface area contributed by atoms with E-state index in [0.717, 1.165) is 12.1 Å². The molecule has 0 saturated heterocycles. The zero-order valence-electron chi connectivity index (χ0n) is 11.1. The van der Waals surface area contributed by atoms with E-state index in [2.05, 4.69) is 5.32 Å². The average molecular weight is 252 g/mol. The molecule has 1 rings (SSSR count). The van der Waals surface area contributed by atoms with Crippen LogP contribution in [0.5, 0.6) is 5.75 Å². The van der Waals surface area contributed by atoms with Crippen LogP contribution in [0.2, 0.25) is 0 Å². The van der Waals surface area contributed by atoms with Crippen LogP contribution in [-0.4, -0.2) is 18.1 Å². The molecule has 0 aliphatic carbocycles. The molecule has 0 spiro atoms. The molecule has 0 unspecified atom stereocenters. The third-order valence-electron chi connectivity index (χ3n) is 2.37. The van der Waals surface area contributed by atoms with Crippen molar-refractivity contribution in [3.8, 4) is 5.75 Å². The normalized spacial score (nSPS) is 10.7. The number of benzene rings is 1. The zero-order chi connectivity index (χ0) is 13.5. The number of nitro groups is 1. The average Bonchev–Trinajstić information content (AvgIpc) is 2.34. The van der Waals surface area contributed by atoms with Gasteiger partial charge in [-0.25, -0.2) is 0 Å². The van der Waals surface area contributed by atoms with Gasteiger partial charge in [-0.15, -0.1) is 0 Å². The molecule has 0 atom stereocenters. The van der Waals surface area contributed by atoms with Crippen molar-refractivity contribution in [1.82, 2.24) is 5.32 Å². The molecule has 18 heavy (non-hydrogen) atoms. The molecule has 0 radical (unpaired) electrons. The molecule has 1 aromatic rings. The van der Waals surface area contributed by atoms with Crippen LogP contribution in [0, 0.1) is 16.0 Å². The molecule has 1 N–H and O–H groups in total. The molecular weight excluding hydrogens is 232 g/mol. The maximum atomic E-state index is 11.0. The Morgan fingerprint density at radius 2 is 2.17 bits per heavy atom. The van der Waals surface area contributed by atoms with Gasteiger partial charge in [-0.05, 0) is 24.1 Å². The second kappa shape index (κ2) is 6.96. The SMILES string of the molecule is CCNCc1ccc(OCC(C)C)c([N+](=O)[O-])c1. The van der Waals surface area contributed by atoms with E-state index in [1.165, 1.54) is 0 Å². The summed E-state index contributed by atoms with van der Waals surface area (Å²) in [7, 11) is 0. The minimum Gasteiger partial charge on any atom is -0.487 e. The largest absolute Gasteiger partial charge is 0.487 e. The van der Waals surface area contributed by atoms with Crippen molar-refractivity contribution in [3.05, 3.63) is 33.9 Å². The van der Waals surface area contributed by atoms with Crippen molar-refractivity contribution < 1.29 is 9.66 Å². The number of nitrogens with one attached hydrogen (secondary N) is 1. The second-order valence-corrected chi connectivity index (χ2v) is 4.54. The highest BCUT2D eigenvalue weighted by molar-refractivity contribution is 5.48. The van der Waals surface area contributed by atoms with Gasteiger partial charge >= 0.3 is 5.69 Å². The Hall–Kier alpha value is -1.62. The molecule has 0 aromatic heterocycles. The minimum absolute atomic E-state index is 0.0334. The van der Waals surface area contributed by atoms with Crippen LogP contribution >= 0.6 is 0 Å². The standard InChI is InChI=1S/C13H20N2O3/c1-4-14-8-11-5-6-13(18-9-10(2)3)12(7-11)15(16)17/h5-7,10,14H,4,8-9H2,1-3H3. The van der Waals surface area contributed by atoms with Gasteiger partial charge in [-0.2, -0.15) is 0 Å². The number of hydrogen-bond donors (Lipinski definition) is 1.